The molecule has 33 heavy (non-hydrogen) atoms. The van der Waals surface area contributed by atoms with Crippen LogP contribution in [-0.2, 0) is 14.4 Å². The maximum atomic E-state index is 12.5. The summed E-state index contributed by atoms with van der Waals surface area (Å²) in [5.41, 5.74) is 0. The molecule has 2 atom stereocenters. The van der Waals surface area contributed by atoms with Crippen LogP contribution < -0.4 is 5.32 Å². The predicted octanol–water partition coefficient (Wildman–Crippen LogP) is 4.80. The number of carboxylic acid groups (broad SMARTS) is 1. The fourth-order valence-corrected chi connectivity index (χ4v) is 4.60. The molecule has 2 amide bonds. The summed E-state index contributed by atoms with van der Waals surface area (Å²) >= 11 is 0. The van der Waals surface area contributed by atoms with Crippen LogP contribution in [0.5, 0.6) is 0 Å². The molecule has 1 saturated heterocycles. The predicted molar refractivity (Wildman–Crippen MR) is 131 cm³/mol. The SMILES string of the molecule is CCCCCCCCCCCCCCCCCC(=O)N[C@@H](CO)C(=O)N1CCC[C@H]1C(=O)O. The van der Waals surface area contributed by atoms with Gasteiger partial charge in [0.15, 0.2) is 0 Å². The molecule has 0 aromatic carbocycles. The first kappa shape index (κ1) is 29.4. The number of aliphatic carboxylic acids is 1. The number of hydrogen-bond donors (Lipinski definition) is 3. The highest BCUT2D eigenvalue weighted by Gasteiger charge is 2.37. The molecule has 7 nitrogen and oxygen atoms in total. The van der Waals surface area contributed by atoms with E-state index in [0.717, 1.165) is 19.3 Å². The molecule has 0 radical (unpaired) electrons. The summed E-state index contributed by atoms with van der Waals surface area (Å²) in [5, 5.41) is 21.3. The zero-order valence-corrected chi connectivity index (χ0v) is 20.9. The van der Waals surface area contributed by atoms with Crippen LogP contribution in [0, 0.1) is 0 Å². The number of carboxylic acids is 1. The van der Waals surface area contributed by atoms with E-state index in [-0.39, 0.29) is 5.91 Å². The molecule has 0 aromatic rings. The summed E-state index contributed by atoms with van der Waals surface area (Å²) in [7, 11) is 0. The Morgan fingerprint density at radius 3 is 1.79 bits per heavy atom. The fraction of sp³-hybridized carbons (Fsp3) is 0.885. The third-order valence-corrected chi connectivity index (χ3v) is 6.64. The summed E-state index contributed by atoms with van der Waals surface area (Å²) in [6.45, 7) is 2.08. The second-order valence-corrected chi connectivity index (χ2v) is 9.53. The minimum atomic E-state index is -1.06. The summed E-state index contributed by atoms with van der Waals surface area (Å²) in [4.78, 5) is 37.2. The average molecular weight is 469 g/mol. The van der Waals surface area contributed by atoms with Gasteiger partial charge in [0, 0.05) is 13.0 Å². The molecular weight excluding hydrogens is 420 g/mol. The number of aliphatic hydroxyl groups is 1. The summed E-state index contributed by atoms with van der Waals surface area (Å²) < 4.78 is 0. The van der Waals surface area contributed by atoms with Crippen LogP contribution in [0.1, 0.15) is 122 Å². The number of nitrogens with zero attached hydrogens (tertiary/aromatic N) is 1. The lowest BCUT2D eigenvalue weighted by Gasteiger charge is -2.26. The number of likely N-dealkylation sites (tertiary alicyclic amines) is 1. The average Bonchev–Trinajstić information content (AvgIpc) is 3.30. The van der Waals surface area contributed by atoms with Gasteiger partial charge in [0.25, 0.3) is 0 Å². The summed E-state index contributed by atoms with van der Waals surface area (Å²) in [6.07, 6.45) is 20.3. The van der Waals surface area contributed by atoms with Gasteiger partial charge < -0.3 is 20.4 Å². The number of amides is 2. The van der Waals surface area contributed by atoms with E-state index in [1.807, 2.05) is 0 Å². The van der Waals surface area contributed by atoms with Gasteiger partial charge in [-0.25, -0.2) is 4.79 Å². The second kappa shape index (κ2) is 18.8. The smallest absolute Gasteiger partial charge is 0.326 e. The maximum absolute atomic E-state index is 12.5. The maximum Gasteiger partial charge on any atom is 0.326 e. The molecule has 192 valence electrons. The van der Waals surface area contributed by atoms with Crippen LogP contribution >= 0.6 is 0 Å². The van der Waals surface area contributed by atoms with Crippen molar-refractivity contribution < 1.29 is 24.6 Å². The van der Waals surface area contributed by atoms with E-state index in [1.54, 1.807) is 0 Å². The molecule has 1 rings (SSSR count). The minimum absolute atomic E-state index is 0.261. The van der Waals surface area contributed by atoms with Gasteiger partial charge in [-0.05, 0) is 19.3 Å². The zero-order valence-electron chi connectivity index (χ0n) is 20.9. The Balaban J connectivity index is 2.01. The highest BCUT2D eigenvalue weighted by atomic mass is 16.4. The van der Waals surface area contributed by atoms with Crippen LogP contribution in [0.3, 0.4) is 0 Å². The lowest BCUT2D eigenvalue weighted by molar-refractivity contribution is -0.149. The molecule has 1 fully saturated rings. The van der Waals surface area contributed by atoms with Crippen molar-refractivity contribution in [2.24, 2.45) is 0 Å². The first-order valence-electron chi connectivity index (χ1n) is 13.4. The molecule has 0 spiro atoms. The Kier molecular flexibility index (Phi) is 16.7. The molecule has 1 aliphatic heterocycles. The molecule has 0 unspecified atom stereocenters. The number of unbranched alkanes of at least 4 members (excludes halogenated alkanes) is 14. The normalized spacial score (nSPS) is 16.7. The van der Waals surface area contributed by atoms with E-state index < -0.39 is 30.6 Å². The van der Waals surface area contributed by atoms with Gasteiger partial charge in [0.2, 0.25) is 11.8 Å². The first-order valence-corrected chi connectivity index (χ1v) is 13.4. The van der Waals surface area contributed by atoms with E-state index >= 15 is 0 Å². The molecule has 1 aliphatic rings. The Labute approximate surface area is 200 Å². The minimum Gasteiger partial charge on any atom is -0.480 e. The second-order valence-electron chi connectivity index (χ2n) is 9.53. The third-order valence-electron chi connectivity index (χ3n) is 6.64. The van der Waals surface area contributed by atoms with E-state index in [4.69, 9.17) is 0 Å². The van der Waals surface area contributed by atoms with Gasteiger partial charge >= 0.3 is 5.97 Å². The van der Waals surface area contributed by atoms with Crippen LogP contribution in [0.4, 0.5) is 0 Å². The summed E-state index contributed by atoms with van der Waals surface area (Å²) in [6, 6.07) is -1.92. The van der Waals surface area contributed by atoms with Gasteiger partial charge in [-0.2, -0.15) is 0 Å². The molecule has 3 N–H and O–H groups in total. The monoisotopic (exact) mass is 468 g/mol. The van der Waals surface area contributed by atoms with E-state index in [9.17, 15) is 24.6 Å². The van der Waals surface area contributed by atoms with Crippen LogP contribution in [0.25, 0.3) is 0 Å². The van der Waals surface area contributed by atoms with Crippen molar-refractivity contribution in [3.63, 3.8) is 0 Å². The number of carbonyl (C=O) groups is 3. The Morgan fingerprint density at radius 1 is 0.848 bits per heavy atom. The molecule has 0 aliphatic carbocycles. The van der Waals surface area contributed by atoms with E-state index in [0.29, 0.717) is 25.8 Å². The van der Waals surface area contributed by atoms with Crippen LogP contribution in [0.2, 0.25) is 0 Å². The molecule has 7 heteroatoms. The fourth-order valence-electron chi connectivity index (χ4n) is 4.60. The standard InChI is InChI=1S/C26H48N2O5/c1-2-3-4-5-6-7-8-9-10-11-12-13-14-15-16-19-24(30)27-22(21-29)25(31)28-20-17-18-23(28)26(32)33/h22-23,29H,2-21H2,1H3,(H,27,30)(H,32,33)/t22-,23-/m0/s1. The van der Waals surface area contributed by atoms with Gasteiger partial charge in [0.1, 0.15) is 12.1 Å². The molecule has 0 bridgehead atoms. The zero-order chi connectivity index (χ0) is 24.3. The van der Waals surface area contributed by atoms with Crippen molar-refractivity contribution in [3.05, 3.63) is 0 Å². The first-order chi connectivity index (χ1) is 16.0. The lowest BCUT2D eigenvalue weighted by atomic mass is 10.0. The quantitative estimate of drug-likeness (QED) is 0.223. The van der Waals surface area contributed by atoms with Crippen molar-refractivity contribution >= 4 is 17.8 Å². The van der Waals surface area contributed by atoms with Gasteiger partial charge in [-0.3, -0.25) is 9.59 Å². The molecular formula is C26H48N2O5. The van der Waals surface area contributed by atoms with E-state index in [2.05, 4.69) is 12.2 Å². The van der Waals surface area contributed by atoms with Crippen LogP contribution in [-0.4, -0.2) is 58.1 Å². The Hall–Kier alpha value is -1.63. The number of aliphatic hydroxyl groups excluding tert-OH is 1. The Morgan fingerprint density at radius 2 is 1.33 bits per heavy atom. The lowest BCUT2D eigenvalue weighted by Crippen LogP contribution is -2.53. The van der Waals surface area contributed by atoms with Crippen molar-refractivity contribution in [1.29, 1.82) is 0 Å². The third kappa shape index (κ3) is 13.0. The number of hydrogen-bond acceptors (Lipinski definition) is 4. The topological polar surface area (TPSA) is 107 Å². The summed E-state index contributed by atoms with van der Waals surface area (Å²) in [5.74, 6) is -1.81. The van der Waals surface area contributed by atoms with Gasteiger partial charge in [-0.1, -0.05) is 96.8 Å². The van der Waals surface area contributed by atoms with Crippen molar-refractivity contribution in [2.45, 2.75) is 135 Å². The van der Waals surface area contributed by atoms with Crippen molar-refractivity contribution in [1.82, 2.24) is 10.2 Å². The molecule has 1 heterocycles. The largest absolute Gasteiger partial charge is 0.480 e. The van der Waals surface area contributed by atoms with E-state index in [1.165, 1.54) is 81.9 Å². The van der Waals surface area contributed by atoms with Crippen LogP contribution in [0.15, 0.2) is 0 Å². The van der Waals surface area contributed by atoms with Gasteiger partial charge in [0.05, 0.1) is 6.61 Å². The van der Waals surface area contributed by atoms with Crippen molar-refractivity contribution in [2.75, 3.05) is 13.2 Å². The highest BCUT2D eigenvalue weighted by Crippen LogP contribution is 2.19. The number of nitrogens with one attached hydrogen (secondary N) is 1. The molecule has 0 saturated carbocycles. The molecule has 0 aromatic heterocycles. The number of carbonyl (C=O) groups excluding carboxylic acids is 2. The van der Waals surface area contributed by atoms with Crippen molar-refractivity contribution in [3.8, 4) is 0 Å². The Bertz CT molecular complexity index is 555. The van der Waals surface area contributed by atoms with Gasteiger partial charge in [-0.15, -0.1) is 0 Å². The highest BCUT2D eigenvalue weighted by molar-refractivity contribution is 5.90. The number of rotatable bonds is 20.